The SMILES string of the molecule is Cc1nc(-c2ccccc2)c(C(O)N2CC(NCCO)CCC2CNC(=O)c2cccc3cccnc23)s1. The normalized spacial score (nSPS) is 18.9. The summed E-state index contributed by atoms with van der Waals surface area (Å²) in [4.78, 5) is 25.2. The number of aliphatic hydroxyl groups excluding tert-OH is 2. The molecule has 198 valence electrons. The first-order chi connectivity index (χ1) is 18.5. The van der Waals surface area contributed by atoms with Crippen molar-refractivity contribution in [3.63, 3.8) is 0 Å². The van der Waals surface area contributed by atoms with Gasteiger partial charge in [0.25, 0.3) is 5.91 Å². The second-order valence-electron chi connectivity index (χ2n) is 9.58. The number of aryl methyl sites for hydroxylation is 1. The van der Waals surface area contributed by atoms with E-state index in [2.05, 4.69) is 20.5 Å². The average Bonchev–Trinajstić information content (AvgIpc) is 3.36. The molecular formula is C29H33N5O3S. The van der Waals surface area contributed by atoms with Gasteiger partial charge in [-0.25, -0.2) is 4.98 Å². The molecule has 9 heteroatoms. The van der Waals surface area contributed by atoms with E-state index in [1.807, 2.05) is 61.5 Å². The maximum atomic E-state index is 13.2. The molecule has 0 spiro atoms. The summed E-state index contributed by atoms with van der Waals surface area (Å²) in [5.41, 5.74) is 2.97. The molecule has 2 aromatic carbocycles. The molecule has 4 N–H and O–H groups in total. The van der Waals surface area contributed by atoms with Crippen LogP contribution >= 0.6 is 11.3 Å². The van der Waals surface area contributed by atoms with E-state index in [0.29, 0.717) is 30.7 Å². The van der Waals surface area contributed by atoms with Crippen LogP contribution in [0.1, 0.15) is 39.3 Å². The lowest BCUT2D eigenvalue weighted by Crippen LogP contribution is -2.55. The van der Waals surface area contributed by atoms with E-state index in [9.17, 15) is 15.0 Å². The molecule has 0 aliphatic carbocycles. The van der Waals surface area contributed by atoms with Gasteiger partial charge in [-0.05, 0) is 31.9 Å². The monoisotopic (exact) mass is 531 g/mol. The molecule has 1 saturated heterocycles. The summed E-state index contributed by atoms with van der Waals surface area (Å²) < 4.78 is 0. The predicted octanol–water partition coefficient (Wildman–Crippen LogP) is 3.50. The Kier molecular flexibility index (Phi) is 8.41. The number of fused-ring (bicyclic) bond motifs is 1. The van der Waals surface area contributed by atoms with Gasteiger partial charge in [-0.1, -0.05) is 48.5 Å². The molecule has 1 aliphatic rings. The van der Waals surface area contributed by atoms with Crippen molar-refractivity contribution in [2.75, 3.05) is 26.2 Å². The maximum Gasteiger partial charge on any atom is 0.253 e. The summed E-state index contributed by atoms with van der Waals surface area (Å²) in [6.45, 7) is 3.49. The summed E-state index contributed by atoms with van der Waals surface area (Å²) >= 11 is 1.50. The van der Waals surface area contributed by atoms with Crippen LogP contribution in [0.2, 0.25) is 0 Å². The Morgan fingerprint density at radius 3 is 2.76 bits per heavy atom. The van der Waals surface area contributed by atoms with Crippen LogP contribution in [0.5, 0.6) is 0 Å². The highest BCUT2D eigenvalue weighted by atomic mass is 32.1. The van der Waals surface area contributed by atoms with Crippen LogP contribution in [0.3, 0.4) is 0 Å². The third-order valence-electron chi connectivity index (χ3n) is 7.03. The van der Waals surface area contributed by atoms with Crippen molar-refractivity contribution in [2.45, 2.75) is 38.1 Å². The van der Waals surface area contributed by atoms with Crippen LogP contribution in [0.15, 0.2) is 66.9 Å². The van der Waals surface area contributed by atoms with Gasteiger partial charge in [0.1, 0.15) is 6.23 Å². The Bertz CT molecular complexity index is 1370. The molecule has 1 fully saturated rings. The van der Waals surface area contributed by atoms with Gasteiger partial charge in [-0.15, -0.1) is 11.3 Å². The van der Waals surface area contributed by atoms with Crippen LogP contribution < -0.4 is 10.6 Å². The minimum atomic E-state index is -0.878. The largest absolute Gasteiger partial charge is 0.395 e. The van der Waals surface area contributed by atoms with Crippen LogP contribution in [0.4, 0.5) is 0 Å². The Hall–Kier alpha value is -3.21. The number of piperidine rings is 1. The Morgan fingerprint density at radius 2 is 1.95 bits per heavy atom. The standard InChI is InChI=1S/C29H33N5O3S/c1-19-33-26(21-7-3-2-4-8-21)27(38-19)29(37)34-18-22(30-15-16-35)12-13-23(34)17-32-28(36)24-11-5-9-20-10-6-14-31-25(20)24/h2-11,14,22-23,29-30,35,37H,12-13,15-18H2,1H3,(H,32,36). The van der Waals surface area contributed by atoms with E-state index >= 15 is 0 Å². The average molecular weight is 532 g/mol. The number of aliphatic hydroxyl groups is 2. The molecule has 3 heterocycles. The molecular weight excluding hydrogens is 498 g/mol. The van der Waals surface area contributed by atoms with Crippen molar-refractivity contribution in [2.24, 2.45) is 0 Å². The number of likely N-dealkylation sites (tertiary alicyclic amines) is 1. The summed E-state index contributed by atoms with van der Waals surface area (Å²) in [7, 11) is 0. The quantitative estimate of drug-likeness (QED) is 0.262. The fourth-order valence-electron chi connectivity index (χ4n) is 5.17. The number of carbonyl (C=O) groups is 1. The van der Waals surface area contributed by atoms with Crippen molar-refractivity contribution < 1.29 is 15.0 Å². The molecule has 8 nitrogen and oxygen atoms in total. The summed E-state index contributed by atoms with van der Waals surface area (Å²) in [5, 5.41) is 29.3. The second kappa shape index (κ2) is 12.1. The Morgan fingerprint density at radius 1 is 1.13 bits per heavy atom. The number of rotatable bonds is 9. The summed E-state index contributed by atoms with van der Waals surface area (Å²) in [6.07, 6.45) is 2.48. The first-order valence-electron chi connectivity index (χ1n) is 13.0. The van der Waals surface area contributed by atoms with Crippen molar-refractivity contribution in [3.05, 3.63) is 82.3 Å². The van der Waals surface area contributed by atoms with Gasteiger partial charge < -0.3 is 20.8 Å². The second-order valence-corrected chi connectivity index (χ2v) is 10.8. The van der Waals surface area contributed by atoms with E-state index < -0.39 is 6.23 Å². The van der Waals surface area contributed by atoms with Crippen LogP contribution in [-0.2, 0) is 0 Å². The van der Waals surface area contributed by atoms with Gasteiger partial charge in [0.2, 0.25) is 0 Å². The number of thiazole rings is 1. The molecule has 0 bridgehead atoms. The van der Waals surface area contributed by atoms with Crippen LogP contribution in [-0.4, -0.2) is 69.3 Å². The highest BCUT2D eigenvalue weighted by Gasteiger charge is 2.35. The van der Waals surface area contributed by atoms with Gasteiger partial charge in [-0.3, -0.25) is 14.7 Å². The van der Waals surface area contributed by atoms with E-state index in [1.54, 1.807) is 12.3 Å². The van der Waals surface area contributed by atoms with E-state index in [0.717, 1.165) is 39.4 Å². The van der Waals surface area contributed by atoms with E-state index in [1.165, 1.54) is 11.3 Å². The zero-order valence-corrected chi connectivity index (χ0v) is 22.2. The lowest BCUT2D eigenvalue weighted by atomic mass is 9.96. The lowest BCUT2D eigenvalue weighted by Gasteiger charge is -2.42. The minimum Gasteiger partial charge on any atom is -0.395 e. The minimum absolute atomic E-state index is 0.0593. The summed E-state index contributed by atoms with van der Waals surface area (Å²) in [5.74, 6) is -0.178. The number of hydrogen-bond donors (Lipinski definition) is 4. The molecule has 2 aromatic heterocycles. The number of pyridine rings is 1. The molecule has 1 amide bonds. The van der Waals surface area contributed by atoms with Crippen molar-refractivity contribution in [1.82, 2.24) is 25.5 Å². The van der Waals surface area contributed by atoms with Crippen molar-refractivity contribution in [1.29, 1.82) is 0 Å². The van der Waals surface area contributed by atoms with Crippen LogP contribution in [0.25, 0.3) is 22.2 Å². The highest BCUT2D eigenvalue weighted by molar-refractivity contribution is 7.12. The fourth-order valence-corrected chi connectivity index (χ4v) is 6.13. The van der Waals surface area contributed by atoms with Gasteiger partial charge >= 0.3 is 0 Å². The number of nitrogens with zero attached hydrogens (tertiary/aromatic N) is 3. The van der Waals surface area contributed by atoms with Crippen molar-refractivity contribution in [3.8, 4) is 11.3 Å². The molecule has 3 unspecified atom stereocenters. The van der Waals surface area contributed by atoms with Crippen molar-refractivity contribution >= 4 is 28.1 Å². The molecule has 5 rings (SSSR count). The smallest absolute Gasteiger partial charge is 0.253 e. The van der Waals surface area contributed by atoms with Gasteiger partial charge in [0, 0.05) is 48.9 Å². The third-order valence-corrected chi connectivity index (χ3v) is 8.04. The number of hydrogen-bond acceptors (Lipinski definition) is 8. The molecule has 1 aliphatic heterocycles. The molecule has 3 atom stereocenters. The number of para-hydroxylation sites is 1. The zero-order chi connectivity index (χ0) is 26.5. The van der Waals surface area contributed by atoms with Gasteiger partial charge in [0.15, 0.2) is 0 Å². The van der Waals surface area contributed by atoms with Crippen LogP contribution in [0, 0.1) is 6.92 Å². The molecule has 38 heavy (non-hydrogen) atoms. The van der Waals surface area contributed by atoms with Gasteiger partial charge in [-0.2, -0.15) is 0 Å². The number of benzene rings is 2. The number of carbonyl (C=O) groups excluding carboxylic acids is 1. The predicted molar refractivity (Wildman–Crippen MR) is 150 cm³/mol. The zero-order valence-electron chi connectivity index (χ0n) is 21.4. The Labute approximate surface area is 226 Å². The maximum absolute atomic E-state index is 13.2. The number of nitrogens with one attached hydrogen (secondary N) is 2. The number of aromatic nitrogens is 2. The Balaban J connectivity index is 1.38. The molecule has 0 saturated carbocycles. The van der Waals surface area contributed by atoms with E-state index in [-0.39, 0.29) is 24.6 Å². The molecule has 4 aromatic rings. The lowest BCUT2D eigenvalue weighted by molar-refractivity contribution is -0.0478. The topological polar surface area (TPSA) is 111 Å². The first-order valence-corrected chi connectivity index (χ1v) is 13.8. The fraction of sp³-hybridized carbons (Fsp3) is 0.345. The van der Waals surface area contributed by atoms with E-state index in [4.69, 9.17) is 4.98 Å². The van der Waals surface area contributed by atoms with Gasteiger partial charge in [0.05, 0.1) is 33.3 Å². The molecule has 0 radical (unpaired) electrons. The highest BCUT2D eigenvalue weighted by Crippen LogP contribution is 2.37. The summed E-state index contributed by atoms with van der Waals surface area (Å²) in [6, 6.07) is 19.4. The first kappa shape index (κ1) is 26.4. The third kappa shape index (κ3) is 5.77. The number of amides is 1.